The Labute approximate surface area is 200 Å². The summed E-state index contributed by atoms with van der Waals surface area (Å²) in [6.45, 7) is 6.26. The van der Waals surface area contributed by atoms with Crippen LogP contribution in [0.4, 0.5) is 0 Å². The van der Waals surface area contributed by atoms with Gasteiger partial charge < -0.3 is 20.3 Å². The second kappa shape index (κ2) is 11.3. The van der Waals surface area contributed by atoms with Gasteiger partial charge in [0.2, 0.25) is 0 Å². The van der Waals surface area contributed by atoms with E-state index in [1.807, 2.05) is 38.1 Å². The van der Waals surface area contributed by atoms with Crippen molar-refractivity contribution >= 4 is 17.6 Å². The van der Waals surface area contributed by atoms with E-state index in [9.17, 15) is 15.0 Å². The van der Waals surface area contributed by atoms with E-state index >= 15 is 0 Å². The van der Waals surface area contributed by atoms with Crippen LogP contribution in [0, 0.1) is 0 Å². The van der Waals surface area contributed by atoms with Gasteiger partial charge in [0.15, 0.2) is 0 Å². The molecule has 0 fully saturated rings. The molecule has 0 aliphatic rings. The molecule has 3 aromatic carbocycles. The van der Waals surface area contributed by atoms with Crippen LogP contribution >= 0.6 is 11.6 Å². The number of nitrogens with one attached hydrogen (secondary N) is 1. The SMILES string of the molecule is CC(Cc1ccc(-c2ccc(C(=O)O)c(OC(C)C)c2)cc1)NCC(O)c1cccc(Cl)c1. The minimum atomic E-state index is -1.01. The fraction of sp³-hybridized carbons (Fsp3) is 0.296. The maximum atomic E-state index is 11.5. The molecule has 0 spiro atoms. The molecular weight excluding hydrogens is 438 g/mol. The lowest BCUT2D eigenvalue weighted by molar-refractivity contribution is 0.0690. The Balaban J connectivity index is 1.62. The average molecular weight is 468 g/mol. The molecule has 0 aromatic heterocycles. The summed E-state index contributed by atoms with van der Waals surface area (Å²) in [7, 11) is 0. The molecule has 5 nitrogen and oxygen atoms in total. The molecule has 0 heterocycles. The summed E-state index contributed by atoms with van der Waals surface area (Å²) >= 11 is 6.00. The van der Waals surface area contributed by atoms with E-state index in [4.69, 9.17) is 16.3 Å². The second-order valence-corrected chi connectivity index (χ2v) is 8.90. The molecule has 0 saturated heterocycles. The molecule has 0 saturated carbocycles. The third-order valence-corrected chi connectivity index (χ3v) is 5.53. The van der Waals surface area contributed by atoms with Gasteiger partial charge in [0, 0.05) is 17.6 Å². The van der Waals surface area contributed by atoms with Crippen LogP contribution in [0.2, 0.25) is 5.02 Å². The molecule has 6 heteroatoms. The third kappa shape index (κ3) is 7.06. The first-order valence-corrected chi connectivity index (χ1v) is 11.4. The number of aliphatic hydroxyl groups is 1. The lowest BCUT2D eigenvalue weighted by atomic mass is 9.99. The number of carboxylic acids is 1. The highest BCUT2D eigenvalue weighted by Gasteiger charge is 2.14. The number of ether oxygens (including phenoxy) is 1. The van der Waals surface area contributed by atoms with Gasteiger partial charge in [-0.25, -0.2) is 4.79 Å². The Hall–Kier alpha value is -2.86. The molecular formula is C27H30ClNO4. The summed E-state index contributed by atoms with van der Waals surface area (Å²) in [6.07, 6.45) is 0.0685. The van der Waals surface area contributed by atoms with Crippen molar-refractivity contribution in [3.8, 4) is 16.9 Å². The van der Waals surface area contributed by atoms with Crippen molar-refractivity contribution in [2.75, 3.05) is 6.54 Å². The van der Waals surface area contributed by atoms with Crippen LogP contribution in [-0.2, 0) is 6.42 Å². The van der Waals surface area contributed by atoms with Crippen molar-refractivity contribution in [2.45, 2.75) is 45.4 Å². The van der Waals surface area contributed by atoms with Crippen molar-refractivity contribution in [3.05, 3.63) is 88.4 Å². The molecule has 174 valence electrons. The highest BCUT2D eigenvalue weighted by molar-refractivity contribution is 6.30. The Bertz CT molecular complexity index is 1080. The third-order valence-electron chi connectivity index (χ3n) is 5.30. The molecule has 33 heavy (non-hydrogen) atoms. The molecule has 2 unspecified atom stereocenters. The van der Waals surface area contributed by atoms with Crippen molar-refractivity contribution < 1.29 is 19.7 Å². The molecule has 0 aliphatic carbocycles. The Morgan fingerprint density at radius 2 is 1.70 bits per heavy atom. The van der Waals surface area contributed by atoms with E-state index < -0.39 is 12.1 Å². The smallest absolute Gasteiger partial charge is 0.339 e. The minimum absolute atomic E-state index is 0.118. The lowest BCUT2D eigenvalue weighted by Gasteiger charge is -2.18. The zero-order valence-corrected chi connectivity index (χ0v) is 19.8. The summed E-state index contributed by atoms with van der Waals surface area (Å²) in [6, 6.07) is 20.8. The number of rotatable bonds is 10. The fourth-order valence-electron chi connectivity index (χ4n) is 3.63. The number of aliphatic hydroxyl groups excluding tert-OH is 1. The maximum Gasteiger partial charge on any atom is 0.339 e. The number of benzene rings is 3. The normalized spacial score (nSPS) is 13.0. The van der Waals surface area contributed by atoms with Gasteiger partial charge in [-0.1, -0.05) is 54.1 Å². The van der Waals surface area contributed by atoms with Gasteiger partial charge in [0.25, 0.3) is 0 Å². The molecule has 2 atom stereocenters. The highest BCUT2D eigenvalue weighted by Crippen LogP contribution is 2.29. The van der Waals surface area contributed by atoms with E-state index in [0.29, 0.717) is 17.3 Å². The van der Waals surface area contributed by atoms with Crippen LogP contribution < -0.4 is 10.1 Å². The predicted octanol–water partition coefficient (Wildman–Crippen LogP) is 5.75. The number of carboxylic acid groups (broad SMARTS) is 1. The van der Waals surface area contributed by atoms with Gasteiger partial charge in [-0.05, 0) is 73.7 Å². The van der Waals surface area contributed by atoms with Gasteiger partial charge in [0.1, 0.15) is 11.3 Å². The van der Waals surface area contributed by atoms with Gasteiger partial charge in [-0.3, -0.25) is 0 Å². The molecule has 0 aliphatic heterocycles. The fourth-order valence-corrected chi connectivity index (χ4v) is 3.83. The molecule has 0 amide bonds. The van der Waals surface area contributed by atoms with Crippen molar-refractivity contribution in [1.82, 2.24) is 5.32 Å². The van der Waals surface area contributed by atoms with Crippen LogP contribution in [0.1, 0.15) is 48.4 Å². The van der Waals surface area contributed by atoms with Gasteiger partial charge in [-0.15, -0.1) is 0 Å². The summed E-state index contributed by atoms with van der Waals surface area (Å²) in [5.41, 5.74) is 4.00. The number of hydrogen-bond donors (Lipinski definition) is 3. The highest BCUT2D eigenvalue weighted by atomic mass is 35.5. The Morgan fingerprint density at radius 3 is 2.33 bits per heavy atom. The van der Waals surface area contributed by atoms with Gasteiger partial charge >= 0.3 is 5.97 Å². The quantitative estimate of drug-likeness (QED) is 0.354. The van der Waals surface area contributed by atoms with E-state index in [1.54, 1.807) is 30.3 Å². The molecule has 3 rings (SSSR count). The van der Waals surface area contributed by atoms with Crippen LogP contribution in [0.5, 0.6) is 5.75 Å². The molecule has 0 bridgehead atoms. The average Bonchev–Trinajstić information content (AvgIpc) is 2.77. The van der Waals surface area contributed by atoms with Gasteiger partial charge in [-0.2, -0.15) is 0 Å². The summed E-state index contributed by atoms with van der Waals surface area (Å²) in [5.74, 6) is -0.635. The number of carbonyl (C=O) groups is 1. The van der Waals surface area contributed by atoms with Crippen molar-refractivity contribution in [2.24, 2.45) is 0 Å². The van der Waals surface area contributed by atoms with Crippen LogP contribution in [0.25, 0.3) is 11.1 Å². The van der Waals surface area contributed by atoms with Crippen LogP contribution in [0.3, 0.4) is 0 Å². The lowest BCUT2D eigenvalue weighted by Crippen LogP contribution is -2.32. The first-order chi connectivity index (χ1) is 15.7. The number of aromatic carboxylic acids is 1. The topological polar surface area (TPSA) is 78.8 Å². The number of halogens is 1. The summed E-state index contributed by atoms with van der Waals surface area (Å²) in [5, 5.41) is 23.8. The zero-order valence-electron chi connectivity index (χ0n) is 19.1. The first kappa shape index (κ1) is 24.8. The largest absolute Gasteiger partial charge is 0.490 e. The van der Waals surface area contributed by atoms with Crippen LogP contribution in [0.15, 0.2) is 66.7 Å². The molecule has 3 N–H and O–H groups in total. The van der Waals surface area contributed by atoms with E-state index in [-0.39, 0.29) is 17.7 Å². The standard InChI is InChI=1S/C27H30ClNO4/c1-17(2)33-26-15-21(11-12-24(26)27(31)32)20-9-7-19(8-10-20)13-18(3)29-16-25(30)22-5-4-6-23(28)14-22/h4-12,14-15,17-18,25,29-30H,13,16H2,1-3H3,(H,31,32). The monoisotopic (exact) mass is 467 g/mol. The molecule has 0 radical (unpaired) electrons. The van der Waals surface area contributed by atoms with E-state index in [1.165, 1.54) is 0 Å². The Kier molecular flexibility index (Phi) is 8.50. The summed E-state index contributed by atoms with van der Waals surface area (Å²) in [4.78, 5) is 11.5. The van der Waals surface area contributed by atoms with E-state index in [2.05, 4.69) is 24.4 Å². The van der Waals surface area contributed by atoms with Gasteiger partial charge in [0.05, 0.1) is 12.2 Å². The minimum Gasteiger partial charge on any atom is -0.490 e. The van der Waals surface area contributed by atoms with E-state index in [0.717, 1.165) is 28.7 Å². The maximum absolute atomic E-state index is 11.5. The predicted molar refractivity (Wildman–Crippen MR) is 132 cm³/mol. The summed E-state index contributed by atoms with van der Waals surface area (Å²) < 4.78 is 5.71. The molecule has 3 aromatic rings. The van der Waals surface area contributed by atoms with Crippen molar-refractivity contribution in [1.29, 1.82) is 0 Å². The number of hydrogen-bond acceptors (Lipinski definition) is 4. The van der Waals surface area contributed by atoms with Crippen LogP contribution in [-0.4, -0.2) is 34.9 Å². The Morgan fingerprint density at radius 1 is 1.00 bits per heavy atom. The van der Waals surface area contributed by atoms with Crippen molar-refractivity contribution in [3.63, 3.8) is 0 Å². The zero-order chi connectivity index (χ0) is 24.0. The first-order valence-electron chi connectivity index (χ1n) is 11.0. The second-order valence-electron chi connectivity index (χ2n) is 8.46.